The molecule has 0 bridgehead atoms. The highest BCUT2D eigenvalue weighted by Gasteiger charge is 2.18. The molecule has 2 aromatic rings. The summed E-state index contributed by atoms with van der Waals surface area (Å²) in [6.45, 7) is 0.231. The minimum Gasteiger partial charge on any atom is -0.394 e. The number of rotatable bonds is 12. The smallest absolute Gasteiger partial charge is 0.237 e. The molecule has 0 aromatic heterocycles. The first kappa shape index (κ1) is 23.5. The van der Waals surface area contributed by atoms with E-state index >= 15 is 0 Å². The van der Waals surface area contributed by atoms with Crippen molar-refractivity contribution in [2.75, 3.05) is 13.2 Å². The third kappa shape index (κ3) is 8.32. The van der Waals surface area contributed by atoms with Crippen LogP contribution in [0.2, 0.25) is 0 Å². The van der Waals surface area contributed by atoms with Crippen LogP contribution in [0.25, 0.3) is 0 Å². The van der Waals surface area contributed by atoms with Crippen LogP contribution in [0.5, 0.6) is 0 Å². The van der Waals surface area contributed by atoms with Crippen LogP contribution in [0.15, 0.2) is 60.7 Å². The molecule has 0 spiro atoms. The summed E-state index contributed by atoms with van der Waals surface area (Å²) < 4.78 is 0. The normalized spacial score (nSPS) is 13.8. The molecule has 1 unspecified atom stereocenters. The number of amides is 2. The molecule has 0 saturated heterocycles. The molecule has 3 atom stereocenters. The maximum Gasteiger partial charge on any atom is 0.237 e. The van der Waals surface area contributed by atoms with E-state index in [1.165, 1.54) is 0 Å². The Morgan fingerprint density at radius 1 is 0.833 bits per heavy atom. The average Bonchev–Trinajstić information content (AvgIpc) is 2.76. The number of hydrogen-bond acceptors (Lipinski definition) is 5. The largest absolute Gasteiger partial charge is 0.394 e. The van der Waals surface area contributed by atoms with E-state index in [9.17, 15) is 14.7 Å². The summed E-state index contributed by atoms with van der Waals surface area (Å²) in [6, 6.07) is 17.4. The molecular formula is C23H32N4O3. The first-order valence-corrected chi connectivity index (χ1v) is 10.3. The molecule has 0 aliphatic carbocycles. The lowest BCUT2D eigenvalue weighted by molar-refractivity contribution is -0.124. The predicted molar refractivity (Wildman–Crippen MR) is 118 cm³/mol. The van der Waals surface area contributed by atoms with Gasteiger partial charge in [-0.25, -0.2) is 0 Å². The van der Waals surface area contributed by atoms with Gasteiger partial charge in [-0.1, -0.05) is 60.7 Å². The Morgan fingerprint density at radius 3 is 1.83 bits per heavy atom. The van der Waals surface area contributed by atoms with Crippen LogP contribution >= 0.6 is 0 Å². The van der Waals surface area contributed by atoms with Gasteiger partial charge in [0.25, 0.3) is 0 Å². The van der Waals surface area contributed by atoms with E-state index in [1.807, 2.05) is 60.7 Å². The fourth-order valence-corrected chi connectivity index (χ4v) is 3.13. The monoisotopic (exact) mass is 412 g/mol. The van der Waals surface area contributed by atoms with Gasteiger partial charge >= 0.3 is 0 Å². The second-order valence-corrected chi connectivity index (χ2v) is 7.41. The molecule has 2 rings (SSSR count). The van der Waals surface area contributed by atoms with Crippen LogP contribution in [-0.2, 0) is 22.4 Å². The molecule has 7 nitrogen and oxygen atoms in total. The van der Waals surface area contributed by atoms with Crippen LogP contribution in [0.3, 0.4) is 0 Å². The predicted octanol–water partition coefficient (Wildman–Crippen LogP) is 0.500. The van der Waals surface area contributed by atoms with E-state index in [0.29, 0.717) is 32.2 Å². The number of nitrogens with two attached hydrogens (primary N) is 2. The molecule has 7 heteroatoms. The van der Waals surface area contributed by atoms with E-state index in [0.717, 1.165) is 11.1 Å². The van der Waals surface area contributed by atoms with Gasteiger partial charge in [0, 0.05) is 6.54 Å². The van der Waals surface area contributed by atoms with Crippen molar-refractivity contribution in [1.29, 1.82) is 0 Å². The molecular weight excluding hydrogens is 380 g/mol. The Hall–Kier alpha value is -2.74. The van der Waals surface area contributed by atoms with E-state index < -0.39 is 18.1 Å². The molecule has 2 aromatic carbocycles. The van der Waals surface area contributed by atoms with Crippen LogP contribution in [0.1, 0.15) is 24.0 Å². The van der Waals surface area contributed by atoms with Gasteiger partial charge < -0.3 is 27.2 Å². The van der Waals surface area contributed by atoms with Gasteiger partial charge in [-0.15, -0.1) is 0 Å². The second-order valence-electron chi connectivity index (χ2n) is 7.41. The Morgan fingerprint density at radius 2 is 1.33 bits per heavy atom. The maximum atomic E-state index is 12.3. The summed E-state index contributed by atoms with van der Waals surface area (Å²) in [5.74, 6) is -0.514. The van der Waals surface area contributed by atoms with Crippen molar-refractivity contribution in [3.8, 4) is 0 Å². The number of nitrogens with one attached hydrogen (secondary N) is 2. The number of carbonyl (C=O) groups is 2. The SMILES string of the molecule is N[C@@H](Cc1ccccc1)C(=O)NCCCC(CO)NC(=O)[C@@H](N)Cc1ccccc1. The van der Waals surface area contributed by atoms with E-state index in [-0.39, 0.29) is 18.4 Å². The summed E-state index contributed by atoms with van der Waals surface area (Å²) >= 11 is 0. The third-order valence-electron chi connectivity index (χ3n) is 4.87. The number of aliphatic hydroxyl groups is 1. The number of benzene rings is 2. The summed E-state index contributed by atoms with van der Waals surface area (Å²) in [5, 5.41) is 15.1. The molecule has 0 heterocycles. The first-order chi connectivity index (χ1) is 14.5. The van der Waals surface area contributed by atoms with Gasteiger partial charge in [0.05, 0.1) is 24.7 Å². The second kappa shape index (κ2) is 12.7. The minimum absolute atomic E-state index is 0.189. The van der Waals surface area contributed by atoms with Crippen LogP contribution in [-0.4, -0.2) is 48.2 Å². The quantitative estimate of drug-likeness (QED) is 0.324. The molecule has 0 aliphatic heterocycles. The van der Waals surface area contributed by atoms with Gasteiger partial charge in [-0.05, 0) is 36.8 Å². The van der Waals surface area contributed by atoms with Crippen LogP contribution in [0.4, 0.5) is 0 Å². The molecule has 0 radical (unpaired) electrons. The lowest BCUT2D eigenvalue weighted by Crippen LogP contribution is -2.48. The van der Waals surface area contributed by atoms with E-state index in [4.69, 9.17) is 11.5 Å². The maximum absolute atomic E-state index is 12.3. The van der Waals surface area contributed by atoms with E-state index in [1.54, 1.807) is 0 Å². The Kier molecular flexibility index (Phi) is 10.00. The number of aliphatic hydroxyl groups excluding tert-OH is 1. The van der Waals surface area contributed by atoms with Crippen molar-refractivity contribution in [1.82, 2.24) is 10.6 Å². The fourth-order valence-electron chi connectivity index (χ4n) is 3.13. The molecule has 0 saturated carbocycles. The van der Waals surface area contributed by atoms with Gasteiger partial charge in [0.2, 0.25) is 11.8 Å². The van der Waals surface area contributed by atoms with Gasteiger partial charge in [0.15, 0.2) is 0 Å². The highest BCUT2D eigenvalue weighted by Crippen LogP contribution is 2.04. The third-order valence-corrected chi connectivity index (χ3v) is 4.87. The Labute approximate surface area is 177 Å². The molecule has 30 heavy (non-hydrogen) atoms. The zero-order valence-electron chi connectivity index (χ0n) is 17.2. The lowest BCUT2D eigenvalue weighted by Gasteiger charge is -2.20. The molecule has 0 fully saturated rings. The summed E-state index contributed by atoms with van der Waals surface area (Å²) in [5.41, 5.74) is 13.9. The standard InChI is InChI=1S/C23H32N4O3/c24-20(14-17-8-3-1-4-9-17)22(29)26-13-7-12-19(16-28)27-23(30)21(25)15-18-10-5-2-6-11-18/h1-6,8-11,19-21,28H,7,12-16,24-25H2,(H,26,29)(H,27,30)/t19?,20-,21-/m0/s1. The highest BCUT2D eigenvalue weighted by molar-refractivity contribution is 5.82. The van der Waals surface area contributed by atoms with Crippen molar-refractivity contribution < 1.29 is 14.7 Å². The van der Waals surface area contributed by atoms with Gasteiger partial charge in [-0.2, -0.15) is 0 Å². The molecule has 2 amide bonds. The Bertz CT molecular complexity index is 771. The lowest BCUT2D eigenvalue weighted by atomic mass is 10.0. The van der Waals surface area contributed by atoms with Crippen LogP contribution < -0.4 is 22.1 Å². The summed E-state index contributed by atoms with van der Waals surface area (Å²) in [7, 11) is 0. The number of hydrogen-bond donors (Lipinski definition) is 5. The topological polar surface area (TPSA) is 130 Å². The van der Waals surface area contributed by atoms with Crippen molar-refractivity contribution in [2.24, 2.45) is 11.5 Å². The minimum atomic E-state index is -0.683. The zero-order valence-corrected chi connectivity index (χ0v) is 17.2. The van der Waals surface area contributed by atoms with Crippen molar-refractivity contribution in [3.63, 3.8) is 0 Å². The summed E-state index contributed by atoms with van der Waals surface area (Å²) in [4.78, 5) is 24.4. The fraction of sp³-hybridized carbons (Fsp3) is 0.391. The molecule has 7 N–H and O–H groups in total. The summed E-state index contributed by atoms with van der Waals surface area (Å²) in [6.07, 6.45) is 2.03. The van der Waals surface area contributed by atoms with Crippen LogP contribution in [0, 0.1) is 0 Å². The van der Waals surface area contributed by atoms with E-state index in [2.05, 4.69) is 10.6 Å². The van der Waals surface area contributed by atoms with Gasteiger partial charge in [-0.3, -0.25) is 9.59 Å². The molecule has 0 aliphatic rings. The average molecular weight is 413 g/mol. The highest BCUT2D eigenvalue weighted by atomic mass is 16.3. The molecule has 162 valence electrons. The van der Waals surface area contributed by atoms with Crippen molar-refractivity contribution in [2.45, 2.75) is 43.8 Å². The first-order valence-electron chi connectivity index (χ1n) is 10.3. The Balaban J connectivity index is 1.67. The zero-order chi connectivity index (χ0) is 21.8. The van der Waals surface area contributed by atoms with Crippen molar-refractivity contribution in [3.05, 3.63) is 71.8 Å². The van der Waals surface area contributed by atoms with Gasteiger partial charge in [0.1, 0.15) is 0 Å². The number of carbonyl (C=O) groups excluding carboxylic acids is 2. The van der Waals surface area contributed by atoms with Crippen molar-refractivity contribution >= 4 is 11.8 Å².